The number of rotatable bonds is 5. The molecule has 1 aromatic carbocycles. The Bertz CT molecular complexity index is 451. The number of carbonyl (C=O) groups is 1. The van der Waals surface area contributed by atoms with Gasteiger partial charge in [-0.25, -0.2) is 0 Å². The first kappa shape index (κ1) is 15.8. The van der Waals surface area contributed by atoms with Crippen LogP contribution in [0.25, 0.3) is 0 Å². The van der Waals surface area contributed by atoms with E-state index in [2.05, 4.69) is 19.2 Å². The van der Waals surface area contributed by atoms with Crippen molar-refractivity contribution < 1.29 is 19.2 Å². The number of morpholine rings is 1. The minimum Gasteiger partial charge on any atom is -0.497 e. The Labute approximate surface area is 126 Å². The second-order valence-electron chi connectivity index (χ2n) is 5.69. The molecule has 21 heavy (non-hydrogen) atoms. The number of ether oxygens (including phenoxy) is 2. The van der Waals surface area contributed by atoms with Crippen molar-refractivity contribution in [2.24, 2.45) is 0 Å². The number of hydrogen-bond acceptors (Lipinski definition) is 3. The Kier molecular flexibility index (Phi) is 5.59. The molecular formula is C16H25N2O3+. The summed E-state index contributed by atoms with van der Waals surface area (Å²) in [5.41, 5.74) is 0.805. The summed E-state index contributed by atoms with van der Waals surface area (Å²) in [6.45, 7) is 6.97. The monoisotopic (exact) mass is 293 g/mol. The summed E-state index contributed by atoms with van der Waals surface area (Å²) in [5, 5.41) is 2.92. The van der Waals surface area contributed by atoms with Gasteiger partial charge in [0.2, 0.25) is 5.91 Å². The highest BCUT2D eigenvalue weighted by Crippen LogP contribution is 2.14. The van der Waals surface area contributed by atoms with Crippen LogP contribution in [-0.4, -0.2) is 44.9 Å². The molecule has 0 spiro atoms. The van der Waals surface area contributed by atoms with Gasteiger partial charge in [-0.15, -0.1) is 0 Å². The second-order valence-corrected chi connectivity index (χ2v) is 5.69. The van der Waals surface area contributed by atoms with Gasteiger partial charge in [0.05, 0.1) is 20.1 Å². The lowest BCUT2D eigenvalue weighted by Gasteiger charge is -2.32. The van der Waals surface area contributed by atoms with Crippen molar-refractivity contribution >= 4 is 11.6 Å². The van der Waals surface area contributed by atoms with Crippen molar-refractivity contribution in [2.45, 2.75) is 32.5 Å². The fraction of sp³-hybridized carbons (Fsp3) is 0.562. The average Bonchev–Trinajstić information content (AvgIpc) is 2.45. The Balaban J connectivity index is 1.76. The Morgan fingerprint density at radius 1 is 1.29 bits per heavy atom. The number of amides is 1. The topological polar surface area (TPSA) is 52.0 Å². The normalized spacial score (nSPS) is 25.4. The summed E-state index contributed by atoms with van der Waals surface area (Å²) in [6.07, 6.45) is 1.07. The summed E-state index contributed by atoms with van der Waals surface area (Å²) < 4.78 is 10.8. The molecule has 2 atom stereocenters. The van der Waals surface area contributed by atoms with Gasteiger partial charge in [-0.1, -0.05) is 0 Å². The smallest absolute Gasteiger partial charge is 0.230 e. The molecule has 2 rings (SSSR count). The molecule has 116 valence electrons. The Hall–Kier alpha value is -1.59. The van der Waals surface area contributed by atoms with Gasteiger partial charge in [-0.3, -0.25) is 4.79 Å². The molecule has 0 saturated carbocycles. The van der Waals surface area contributed by atoms with E-state index in [0.29, 0.717) is 6.42 Å². The van der Waals surface area contributed by atoms with Crippen LogP contribution >= 0.6 is 0 Å². The zero-order valence-electron chi connectivity index (χ0n) is 13.0. The SMILES string of the molecule is COc1ccc(NC(=O)CC[NH+]2C[C@H](C)O[C@@H](C)C2)cc1. The summed E-state index contributed by atoms with van der Waals surface area (Å²) in [6, 6.07) is 7.38. The Morgan fingerprint density at radius 2 is 1.90 bits per heavy atom. The van der Waals surface area contributed by atoms with Crippen LogP contribution in [0.1, 0.15) is 20.3 Å². The molecule has 1 fully saturated rings. The van der Waals surface area contributed by atoms with Crippen molar-refractivity contribution in [3.63, 3.8) is 0 Å². The van der Waals surface area contributed by atoms with Crippen molar-refractivity contribution in [1.82, 2.24) is 0 Å². The molecule has 1 amide bonds. The van der Waals surface area contributed by atoms with Gasteiger partial charge >= 0.3 is 0 Å². The molecule has 0 unspecified atom stereocenters. The lowest BCUT2D eigenvalue weighted by molar-refractivity contribution is -0.914. The fourth-order valence-corrected chi connectivity index (χ4v) is 2.78. The van der Waals surface area contributed by atoms with Crippen LogP contribution in [0.5, 0.6) is 5.75 Å². The van der Waals surface area contributed by atoms with Crippen LogP contribution in [0, 0.1) is 0 Å². The van der Waals surface area contributed by atoms with E-state index in [9.17, 15) is 4.79 Å². The Morgan fingerprint density at radius 3 is 2.48 bits per heavy atom. The molecule has 0 radical (unpaired) electrons. The molecule has 0 bridgehead atoms. The van der Waals surface area contributed by atoms with Gasteiger partial charge in [-0.2, -0.15) is 0 Å². The third-order valence-corrected chi connectivity index (χ3v) is 3.70. The van der Waals surface area contributed by atoms with E-state index in [1.54, 1.807) is 7.11 Å². The maximum Gasteiger partial charge on any atom is 0.230 e. The van der Waals surface area contributed by atoms with E-state index in [1.807, 2.05) is 24.3 Å². The summed E-state index contributed by atoms with van der Waals surface area (Å²) in [7, 11) is 1.63. The van der Waals surface area contributed by atoms with E-state index >= 15 is 0 Å². The molecular weight excluding hydrogens is 268 g/mol. The molecule has 1 aliphatic rings. The zero-order valence-corrected chi connectivity index (χ0v) is 13.0. The third-order valence-electron chi connectivity index (χ3n) is 3.70. The van der Waals surface area contributed by atoms with Gasteiger partial charge in [0.1, 0.15) is 31.0 Å². The predicted molar refractivity (Wildman–Crippen MR) is 81.8 cm³/mol. The van der Waals surface area contributed by atoms with Crippen LogP contribution < -0.4 is 15.0 Å². The van der Waals surface area contributed by atoms with Crippen LogP contribution in [-0.2, 0) is 9.53 Å². The van der Waals surface area contributed by atoms with E-state index in [4.69, 9.17) is 9.47 Å². The van der Waals surface area contributed by atoms with Crippen LogP contribution in [0.4, 0.5) is 5.69 Å². The standard InChI is InChI=1S/C16H24N2O3/c1-12-10-18(11-13(2)21-12)9-8-16(19)17-14-4-6-15(20-3)7-5-14/h4-7,12-13H,8-11H2,1-3H3,(H,17,19)/p+1/t12-,13-/m0/s1. The minimum absolute atomic E-state index is 0.0551. The number of quaternary nitrogens is 1. The van der Waals surface area contributed by atoms with Gasteiger partial charge in [0.25, 0.3) is 0 Å². The molecule has 1 aliphatic heterocycles. The van der Waals surface area contributed by atoms with E-state index in [1.165, 1.54) is 4.90 Å². The molecule has 1 saturated heterocycles. The van der Waals surface area contributed by atoms with Gasteiger partial charge in [0, 0.05) is 5.69 Å². The third kappa shape index (κ3) is 5.02. The first-order valence-electron chi connectivity index (χ1n) is 7.49. The minimum atomic E-state index is 0.0551. The number of carbonyl (C=O) groups excluding carboxylic acids is 1. The number of methoxy groups -OCH3 is 1. The molecule has 5 nitrogen and oxygen atoms in total. The fourth-order valence-electron chi connectivity index (χ4n) is 2.78. The largest absolute Gasteiger partial charge is 0.497 e. The lowest BCUT2D eigenvalue weighted by atomic mass is 10.2. The molecule has 0 aromatic heterocycles. The van der Waals surface area contributed by atoms with Gasteiger partial charge < -0.3 is 19.7 Å². The van der Waals surface area contributed by atoms with Crippen molar-refractivity contribution in [3.05, 3.63) is 24.3 Å². The van der Waals surface area contributed by atoms with E-state index in [0.717, 1.165) is 31.1 Å². The zero-order chi connectivity index (χ0) is 15.2. The van der Waals surface area contributed by atoms with Crippen LogP contribution in [0.3, 0.4) is 0 Å². The quantitative estimate of drug-likeness (QED) is 0.841. The van der Waals surface area contributed by atoms with E-state index in [-0.39, 0.29) is 18.1 Å². The summed E-state index contributed by atoms with van der Waals surface area (Å²) >= 11 is 0. The highest BCUT2D eigenvalue weighted by Gasteiger charge is 2.25. The van der Waals surface area contributed by atoms with Crippen molar-refractivity contribution in [1.29, 1.82) is 0 Å². The summed E-state index contributed by atoms with van der Waals surface area (Å²) in [4.78, 5) is 13.4. The molecule has 1 aromatic rings. The number of benzene rings is 1. The van der Waals surface area contributed by atoms with Crippen molar-refractivity contribution in [2.75, 3.05) is 32.1 Å². The predicted octanol–water partition coefficient (Wildman–Crippen LogP) is 0.716. The first-order valence-corrected chi connectivity index (χ1v) is 7.49. The number of hydrogen-bond donors (Lipinski definition) is 2. The molecule has 1 heterocycles. The highest BCUT2D eigenvalue weighted by atomic mass is 16.5. The molecule has 2 N–H and O–H groups in total. The molecule has 5 heteroatoms. The highest BCUT2D eigenvalue weighted by molar-refractivity contribution is 5.90. The van der Waals surface area contributed by atoms with Crippen LogP contribution in [0.15, 0.2) is 24.3 Å². The number of anilines is 1. The maximum atomic E-state index is 12.0. The number of nitrogens with one attached hydrogen (secondary N) is 2. The van der Waals surface area contributed by atoms with Gasteiger partial charge in [0.15, 0.2) is 0 Å². The summed E-state index contributed by atoms with van der Waals surface area (Å²) in [5.74, 6) is 0.841. The lowest BCUT2D eigenvalue weighted by Crippen LogP contribution is -3.15. The van der Waals surface area contributed by atoms with Gasteiger partial charge in [-0.05, 0) is 38.1 Å². The first-order chi connectivity index (χ1) is 10.1. The second kappa shape index (κ2) is 7.43. The average molecular weight is 293 g/mol. The van der Waals surface area contributed by atoms with Crippen molar-refractivity contribution in [3.8, 4) is 5.75 Å². The van der Waals surface area contributed by atoms with E-state index < -0.39 is 0 Å². The van der Waals surface area contributed by atoms with Crippen LogP contribution in [0.2, 0.25) is 0 Å². The maximum absolute atomic E-state index is 12.0. The molecule has 0 aliphatic carbocycles.